The zero-order valence-electron chi connectivity index (χ0n) is 6.51. The Hall–Kier alpha value is -0.970. The number of carboxylic acids is 1. The molecule has 4 nitrogen and oxygen atoms in total. The van der Waals surface area contributed by atoms with E-state index < -0.39 is 5.97 Å². The third-order valence-corrected chi connectivity index (χ3v) is 2.20. The van der Waals surface area contributed by atoms with Crippen LogP contribution >= 0.6 is 11.8 Å². The van der Waals surface area contributed by atoms with Crippen LogP contribution in [0.15, 0.2) is 18.7 Å². The summed E-state index contributed by atoms with van der Waals surface area (Å²) in [6, 6.07) is 0. The first-order chi connectivity index (χ1) is 5.79. The summed E-state index contributed by atoms with van der Waals surface area (Å²) in [5, 5.41) is 8.33. The van der Waals surface area contributed by atoms with Gasteiger partial charge in [-0.3, -0.25) is 4.79 Å². The lowest BCUT2D eigenvalue weighted by molar-refractivity contribution is -0.133. The lowest BCUT2D eigenvalue weighted by atomic mass is 10.7. The molecule has 5 heteroatoms. The zero-order chi connectivity index (χ0) is 8.81. The molecule has 0 saturated heterocycles. The van der Waals surface area contributed by atoms with Gasteiger partial charge in [-0.1, -0.05) is 0 Å². The van der Waals surface area contributed by atoms with Crippen molar-refractivity contribution in [3.05, 3.63) is 18.7 Å². The van der Waals surface area contributed by atoms with Crippen LogP contribution in [0.4, 0.5) is 0 Å². The number of aryl methyl sites for hydroxylation is 1. The van der Waals surface area contributed by atoms with E-state index in [1.165, 1.54) is 11.8 Å². The van der Waals surface area contributed by atoms with Crippen molar-refractivity contribution >= 4 is 17.7 Å². The van der Waals surface area contributed by atoms with Crippen LogP contribution in [0.1, 0.15) is 0 Å². The number of rotatable bonds is 5. The van der Waals surface area contributed by atoms with Crippen molar-refractivity contribution in [1.29, 1.82) is 0 Å². The van der Waals surface area contributed by atoms with Gasteiger partial charge >= 0.3 is 5.97 Å². The van der Waals surface area contributed by atoms with E-state index in [0.717, 1.165) is 12.3 Å². The molecule has 66 valence electrons. The third-order valence-electron chi connectivity index (χ3n) is 1.28. The summed E-state index contributed by atoms with van der Waals surface area (Å²) in [4.78, 5) is 14.0. The smallest absolute Gasteiger partial charge is 0.313 e. The van der Waals surface area contributed by atoms with Crippen LogP contribution in [0.5, 0.6) is 0 Å². The maximum Gasteiger partial charge on any atom is 0.313 e. The standard InChI is InChI=1S/C7H10N2O2S/c10-7(11)5-12-4-3-9-2-1-8-6-9/h1-2,6H,3-5H2,(H,10,11). The molecule has 0 aromatic carbocycles. The molecule has 0 saturated carbocycles. The van der Waals surface area contributed by atoms with Gasteiger partial charge < -0.3 is 9.67 Å². The molecule has 1 rings (SSSR count). The Morgan fingerprint density at radius 2 is 2.50 bits per heavy atom. The maximum atomic E-state index is 10.1. The first kappa shape index (κ1) is 9.12. The van der Waals surface area contributed by atoms with Crippen LogP contribution in [0.25, 0.3) is 0 Å². The second-order valence-electron chi connectivity index (χ2n) is 2.25. The van der Waals surface area contributed by atoms with Crippen molar-refractivity contribution in [2.24, 2.45) is 0 Å². The van der Waals surface area contributed by atoms with E-state index in [4.69, 9.17) is 5.11 Å². The van der Waals surface area contributed by atoms with Gasteiger partial charge in [0.1, 0.15) is 0 Å². The molecule has 0 atom stereocenters. The minimum absolute atomic E-state index is 0.175. The van der Waals surface area contributed by atoms with Gasteiger partial charge in [0.15, 0.2) is 0 Å². The fourth-order valence-corrected chi connectivity index (χ4v) is 1.41. The monoisotopic (exact) mass is 186 g/mol. The summed E-state index contributed by atoms with van der Waals surface area (Å²) >= 11 is 1.41. The van der Waals surface area contributed by atoms with E-state index in [9.17, 15) is 4.79 Å². The summed E-state index contributed by atoms with van der Waals surface area (Å²) in [5.74, 6) is 0.225. The van der Waals surface area contributed by atoms with E-state index in [1.807, 2.05) is 10.8 Å². The average molecular weight is 186 g/mol. The normalized spacial score (nSPS) is 10.0. The number of hydrogen-bond acceptors (Lipinski definition) is 3. The molecule has 0 bridgehead atoms. The topological polar surface area (TPSA) is 55.1 Å². The Morgan fingerprint density at radius 3 is 3.08 bits per heavy atom. The second-order valence-corrected chi connectivity index (χ2v) is 3.35. The minimum Gasteiger partial charge on any atom is -0.481 e. The predicted octanol–water partition coefficient (Wildman–Crippen LogP) is 0.701. The molecule has 0 amide bonds. The molecule has 1 aromatic heterocycles. The zero-order valence-corrected chi connectivity index (χ0v) is 7.33. The van der Waals surface area contributed by atoms with E-state index in [1.54, 1.807) is 12.5 Å². The molecule has 1 heterocycles. The van der Waals surface area contributed by atoms with E-state index in [2.05, 4.69) is 4.98 Å². The molecule has 0 unspecified atom stereocenters. The van der Waals surface area contributed by atoms with Gasteiger partial charge in [-0.15, -0.1) is 11.8 Å². The first-order valence-electron chi connectivity index (χ1n) is 3.54. The SMILES string of the molecule is O=C(O)CSCCn1ccnc1. The lowest BCUT2D eigenvalue weighted by Gasteiger charge is -1.99. The molecule has 0 aliphatic carbocycles. The van der Waals surface area contributed by atoms with Gasteiger partial charge in [-0.05, 0) is 0 Å². The predicted molar refractivity (Wildman–Crippen MR) is 47.2 cm³/mol. The number of imidazole rings is 1. The Labute approximate surface area is 74.6 Å². The van der Waals surface area contributed by atoms with Gasteiger partial charge in [0.25, 0.3) is 0 Å². The van der Waals surface area contributed by atoms with Crippen LogP contribution < -0.4 is 0 Å². The molecule has 0 radical (unpaired) electrons. The Balaban J connectivity index is 2.07. The van der Waals surface area contributed by atoms with Crippen molar-refractivity contribution in [3.8, 4) is 0 Å². The Kier molecular flexibility index (Phi) is 3.66. The average Bonchev–Trinajstić information content (AvgIpc) is 2.49. The third kappa shape index (κ3) is 3.43. The van der Waals surface area contributed by atoms with Crippen molar-refractivity contribution < 1.29 is 9.90 Å². The highest BCUT2D eigenvalue weighted by atomic mass is 32.2. The molecule has 0 fully saturated rings. The number of thioether (sulfide) groups is 1. The summed E-state index contributed by atoms with van der Waals surface area (Å²) in [6.45, 7) is 0.817. The molecule has 0 aliphatic heterocycles. The second kappa shape index (κ2) is 4.82. The molecule has 1 N–H and O–H groups in total. The van der Waals surface area contributed by atoms with E-state index in [0.29, 0.717) is 0 Å². The van der Waals surface area contributed by atoms with Crippen LogP contribution in [0.2, 0.25) is 0 Å². The van der Waals surface area contributed by atoms with E-state index in [-0.39, 0.29) is 5.75 Å². The number of carbonyl (C=O) groups is 1. The van der Waals surface area contributed by atoms with Gasteiger partial charge in [0, 0.05) is 24.7 Å². The van der Waals surface area contributed by atoms with Crippen molar-refractivity contribution in [3.63, 3.8) is 0 Å². The van der Waals surface area contributed by atoms with Gasteiger partial charge in [-0.25, -0.2) is 4.98 Å². The molecule has 0 spiro atoms. The number of carboxylic acid groups (broad SMARTS) is 1. The minimum atomic E-state index is -0.759. The van der Waals surface area contributed by atoms with Crippen LogP contribution in [0.3, 0.4) is 0 Å². The quantitative estimate of drug-likeness (QED) is 0.688. The number of aliphatic carboxylic acids is 1. The van der Waals surface area contributed by atoms with Crippen molar-refractivity contribution in [2.45, 2.75) is 6.54 Å². The number of hydrogen-bond donors (Lipinski definition) is 1. The summed E-state index contributed by atoms with van der Waals surface area (Å²) < 4.78 is 1.93. The Morgan fingerprint density at radius 1 is 1.67 bits per heavy atom. The summed E-state index contributed by atoms with van der Waals surface area (Å²) in [7, 11) is 0. The molecule has 1 aromatic rings. The number of nitrogens with zero attached hydrogens (tertiary/aromatic N) is 2. The molecule has 0 aliphatic rings. The van der Waals surface area contributed by atoms with E-state index >= 15 is 0 Å². The molecule has 12 heavy (non-hydrogen) atoms. The lowest BCUT2D eigenvalue weighted by Crippen LogP contribution is -2.02. The van der Waals surface area contributed by atoms with Gasteiger partial charge in [-0.2, -0.15) is 0 Å². The van der Waals surface area contributed by atoms with Crippen LogP contribution in [0, 0.1) is 0 Å². The van der Waals surface area contributed by atoms with Crippen molar-refractivity contribution in [1.82, 2.24) is 9.55 Å². The largest absolute Gasteiger partial charge is 0.481 e. The molecular weight excluding hydrogens is 176 g/mol. The van der Waals surface area contributed by atoms with Gasteiger partial charge in [0.2, 0.25) is 0 Å². The fourth-order valence-electron chi connectivity index (χ4n) is 0.748. The molecular formula is C7H10N2O2S. The first-order valence-corrected chi connectivity index (χ1v) is 4.70. The Bertz CT molecular complexity index is 236. The summed E-state index contributed by atoms with van der Waals surface area (Å²) in [6.07, 6.45) is 5.30. The van der Waals surface area contributed by atoms with Crippen LogP contribution in [-0.4, -0.2) is 32.1 Å². The highest BCUT2D eigenvalue weighted by molar-refractivity contribution is 7.99. The highest BCUT2D eigenvalue weighted by Gasteiger charge is 1.96. The number of aromatic nitrogens is 2. The fraction of sp³-hybridized carbons (Fsp3) is 0.429. The summed E-state index contributed by atoms with van der Waals surface area (Å²) in [5.41, 5.74) is 0. The maximum absolute atomic E-state index is 10.1. The van der Waals surface area contributed by atoms with Gasteiger partial charge in [0.05, 0.1) is 12.1 Å². The van der Waals surface area contributed by atoms with Crippen LogP contribution in [-0.2, 0) is 11.3 Å². The highest BCUT2D eigenvalue weighted by Crippen LogP contribution is 2.00. The van der Waals surface area contributed by atoms with Crippen molar-refractivity contribution in [2.75, 3.05) is 11.5 Å².